The second-order valence-electron chi connectivity index (χ2n) is 5.16. The van der Waals surface area contributed by atoms with Crippen LogP contribution in [0, 0.1) is 5.92 Å². The van der Waals surface area contributed by atoms with Crippen molar-refractivity contribution in [2.24, 2.45) is 5.92 Å². The van der Waals surface area contributed by atoms with Gasteiger partial charge in [0.1, 0.15) is 6.04 Å². The summed E-state index contributed by atoms with van der Waals surface area (Å²) < 4.78 is 4.82. The van der Waals surface area contributed by atoms with E-state index in [0.29, 0.717) is 6.04 Å². The summed E-state index contributed by atoms with van der Waals surface area (Å²) in [6, 6.07) is 0.194. The van der Waals surface area contributed by atoms with Crippen molar-refractivity contribution < 1.29 is 9.53 Å². The highest BCUT2D eigenvalue weighted by Crippen LogP contribution is 2.09. The van der Waals surface area contributed by atoms with Crippen molar-refractivity contribution in [2.45, 2.75) is 71.9 Å². The van der Waals surface area contributed by atoms with Crippen LogP contribution in [0.2, 0.25) is 0 Å². The molecule has 1 unspecified atom stereocenters. The smallest absolute Gasteiger partial charge is 0.323 e. The van der Waals surface area contributed by atoms with Gasteiger partial charge in [-0.15, -0.1) is 0 Å². The second kappa shape index (κ2) is 9.46. The molecule has 0 spiro atoms. The lowest BCUT2D eigenvalue weighted by molar-refractivity contribution is -0.144. The molecule has 2 atom stereocenters. The van der Waals surface area contributed by atoms with Crippen molar-refractivity contribution in [2.75, 3.05) is 7.11 Å². The van der Waals surface area contributed by atoms with Gasteiger partial charge in [0.15, 0.2) is 0 Å². The minimum absolute atomic E-state index is 0.152. The minimum atomic E-state index is -0.179. The fraction of sp³-hybridized carbons (Fsp3) is 0.929. The van der Waals surface area contributed by atoms with Gasteiger partial charge in [0.25, 0.3) is 0 Å². The third-order valence-electron chi connectivity index (χ3n) is 3.08. The summed E-state index contributed by atoms with van der Waals surface area (Å²) in [5.41, 5.74) is 0. The van der Waals surface area contributed by atoms with E-state index in [4.69, 9.17) is 4.74 Å². The maximum Gasteiger partial charge on any atom is 0.323 e. The Hall–Kier alpha value is -0.570. The Labute approximate surface area is 106 Å². The molecule has 0 bridgehead atoms. The van der Waals surface area contributed by atoms with E-state index in [0.717, 1.165) is 6.42 Å². The first-order valence-corrected chi connectivity index (χ1v) is 6.86. The molecule has 3 nitrogen and oxygen atoms in total. The summed E-state index contributed by atoms with van der Waals surface area (Å²) in [6.45, 7) is 8.44. The van der Waals surface area contributed by atoms with Gasteiger partial charge in [-0.3, -0.25) is 4.79 Å². The standard InChI is InChI=1S/C14H29NO2/c1-6-7-8-9-10-12(4)15-13(11(2)3)14(16)17-5/h11-13,15H,6-10H2,1-5H3/t12?,13-/m1/s1. The molecule has 0 aromatic rings. The van der Waals surface area contributed by atoms with Crippen molar-refractivity contribution in [1.82, 2.24) is 5.32 Å². The van der Waals surface area contributed by atoms with Crippen LogP contribution in [-0.2, 0) is 9.53 Å². The Bertz CT molecular complexity index is 204. The molecule has 0 saturated heterocycles. The fourth-order valence-corrected chi connectivity index (χ4v) is 1.93. The van der Waals surface area contributed by atoms with E-state index >= 15 is 0 Å². The summed E-state index contributed by atoms with van der Waals surface area (Å²) in [7, 11) is 1.45. The summed E-state index contributed by atoms with van der Waals surface area (Å²) >= 11 is 0. The van der Waals surface area contributed by atoms with Crippen LogP contribution < -0.4 is 5.32 Å². The number of esters is 1. The van der Waals surface area contributed by atoms with E-state index in [2.05, 4.69) is 19.2 Å². The zero-order valence-electron chi connectivity index (χ0n) is 12.1. The monoisotopic (exact) mass is 243 g/mol. The highest BCUT2D eigenvalue weighted by Gasteiger charge is 2.23. The molecule has 1 N–H and O–H groups in total. The predicted molar refractivity (Wildman–Crippen MR) is 72.0 cm³/mol. The molecule has 102 valence electrons. The summed E-state index contributed by atoms with van der Waals surface area (Å²) in [5, 5.41) is 3.37. The number of methoxy groups -OCH3 is 1. The van der Waals surface area contributed by atoms with Gasteiger partial charge < -0.3 is 10.1 Å². The predicted octanol–water partition coefficient (Wildman–Crippen LogP) is 3.13. The van der Waals surface area contributed by atoms with Crippen molar-refractivity contribution in [3.63, 3.8) is 0 Å². The summed E-state index contributed by atoms with van der Waals surface area (Å²) in [5.74, 6) is 0.112. The molecule has 0 radical (unpaired) electrons. The van der Waals surface area contributed by atoms with E-state index < -0.39 is 0 Å². The highest BCUT2D eigenvalue weighted by atomic mass is 16.5. The van der Waals surface area contributed by atoms with Crippen LogP contribution in [0.4, 0.5) is 0 Å². The van der Waals surface area contributed by atoms with E-state index in [1.165, 1.54) is 32.8 Å². The minimum Gasteiger partial charge on any atom is -0.468 e. The van der Waals surface area contributed by atoms with Crippen LogP contribution in [0.3, 0.4) is 0 Å². The van der Waals surface area contributed by atoms with Crippen LogP contribution in [0.5, 0.6) is 0 Å². The van der Waals surface area contributed by atoms with Gasteiger partial charge >= 0.3 is 5.97 Å². The van der Waals surface area contributed by atoms with Gasteiger partial charge in [0, 0.05) is 6.04 Å². The zero-order chi connectivity index (χ0) is 13.3. The SMILES string of the molecule is CCCCCCC(C)N[C@@H](C(=O)OC)C(C)C. The molecular formula is C14H29NO2. The largest absolute Gasteiger partial charge is 0.468 e. The number of hydrogen-bond donors (Lipinski definition) is 1. The molecule has 0 aliphatic rings. The highest BCUT2D eigenvalue weighted by molar-refractivity contribution is 5.75. The number of carbonyl (C=O) groups excluding carboxylic acids is 1. The molecule has 0 rings (SSSR count). The first-order chi connectivity index (χ1) is 8.02. The van der Waals surface area contributed by atoms with E-state index in [1.54, 1.807) is 0 Å². The number of unbranched alkanes of at least 4 members (excludes halogenated alkanes) is 3. The van der Waals surface area contributed by atoms with E-state index in [1.807, 2.05) is 13.8 Å². The average molecular weight is 243 g/mol. The maximum absolute atomic E-state index is 11.6. The van der Waals surface area contributed by atoms with Crippen molar-refractivity contribution >= 4 is 5.97 Å². The van der Waals surface area contributed by atoms with Crippen molar-refractivity contribution in [1.29, 1.82) is 0 Å². The lowest BCUT2D eigenvalue weighted by atomic mass is 10.0. The summed E-state index contributed by atoms with van der Waals surface area (Å²) in [4.78, 5) is 11.6. The Kier molecular flexibility index (Phi) is 9.14. The normalized spacial score (nSPS) is 14.7. The van der Waals surface area contributed by atoms with Crippen LogP contribution in [0.1, 0.15) is 59.8 Å². The van der Waals surface area contributed by atoms with E-state index in [-0.39, 0.29) is 17.9 Å². The molecule has 0 aromatic carbocycles. The number of ether oxygens (including phenoxy) is 1. The zero-order valence-corrected chi connectivity index (χ0v) is 12.1. The van der Waals surface area contributed by atoms with Crippen LogP contribution in [0.25, 0.3) is 0 Å². The lowest BCUT2D eigenvalue weighted by Gasteiger charge is -2.24. The fourth-order valence-electron chi connectivity index (χ4n) is 1.93. The van der Waals surface area contributed by atoms with E-state index in [9.17, 15) is 4.79 Å². The Morgan fingerprint density at radius 3 is 2.29 bits per heavy atom. The number of carbonyl (C=O) groups is 1. The molecular weight excluding hydrogens is 214 g/mol. The van der Waals surface area contributed by atoms with Crippen molar-refractivity contribution in [3.8, 4) is 0 Å². The van der Waals surface area contributed by atoms with Gasteiger partial charge in [0.05, 0.1) is 7.11 Å². The molecule has 0 aliphatic carbocycles. The molecule has 0 fully saturated rings. The number of nitrogens with one attached hydrogen (secondary N) is 1. The van der Waals surface area contributed by atoms with Crippen LogP contribution >= 0.6 is 0 Å². The maximum atomic E-state index is 11.6. The third-order valence-corrected chi connectivity index (χ3v) is 3.08. The van der Waals surface area contributed by atoms with Gasteiger partial charge in [-0.1, -0.05) is 46.5 Å². The average Bonchev–Trinajstić information content (AvgIpc) is 2.30. The van der Waals surface area contributed by atoms with Crippen molar-refractivity contribution in [3.05, 3.63) is 0 Å². The quantitative estimate of drug-likeness (QED) is 0.499. The van der Waals surface area contributed by atoms with Gasteiger partial charge in [-0.25, -0.2) is 0 Å². The lowest BCUT2D eigenvalue weighted by Crippen LogP contribution is -2.46. The molecule has 0 aliphatic heterocycles. The van der Waals surface area contributed by atoms with Crippen LogP contribution in [0.15, 0.2) is 0 Å². The molecule has 0 heterocycles. The Balaban J connectivity index is 3.95. The van der Waals surface area contributed by atoms with Gasteiger partial charge in [0.2, 0.25) is 0 Å². The molecule has 17 heavy (non-hydrogen) atoms. The van der Waals surface area contributed by atoms with Gasteiger partial charge in [-0.05, 0) is 19.3 Å². The molecule has 0 saturated carbocycles. The first-order valence-electron chi connectivity index (χ1n) is 6.86. The Morgan fingerprint density at radius 1 is 1.18 bits per heavy atom. The number of hydrogen-bond acceptors (Lipinski definition) is 3. The van der Waals surface area contributed by atoms with Crippen LogP contribution in [-0.4, -0.2) is 25.2 Å². The number of rotatable bonds is 9. The Morgan fingerprint density at radius 2 is 1.82 bits per heavy atom. The topological polar surface area (TPSA) is 38.3 Å². The molecule has 3 heteroatoms. The first kappa shape index (κ1) is 16.4. The summed E-state index contributed by atoms with van der Waals surface area (Å²) in [6.07, 6.45) is 6.21. The second-order valence-corrected chi connectivity index (χ2v) is 5.16. The molecule has 0 aromatic heterocycles. The van der Waals surface area contributed by atoms with Gasteiger partial charge in [-0.2, -0.15) is 0 Å². The third kappa shape index (κ3) is 7.37. The molecule has 0 amide bonds.